The van der Waals surface area contributed by atoms with Crippen LogP contribution in [-0.4, -0.2) is 28.1 Å². The van der Waals surface area contributed by atoms with Crippen molar-refractivity contribution in [2.75, 3.05) is 0 Å². The number of carbonyl (C=O) groups is 2. The van der Waals surface area contributed by atoms with E-state index in [1.54, 1.807) is 45.0 Å². The fourth-order valence-corrected chi connectivity index (χ4v) is 2.00. The van der Waals surface area contributed by atoms with Gasteiger partial charge in [-0.15, -0.1) is 0 Å². The number of ether oxygens (including phenoxy) is 1. The minimum atomic E-state index is -2.07. The lowest BCUT2D eigenvalue weighted by molar-refractivity contribution is -0.171. The van der Waals surface area contributed by atoms with Crippen molar-refractivity contribution in [1.82, 2.24) is 0 Å². The van der Waals surface area contributed by atoms with Gasteiger partial charge in [-0.25, -0.2) is 4.79 Å². The monoisotopic (exact) mass is 248 g/mol. The standard InChI is InChI=1S/C14H16O4/c1-13(2,3)18-12(16)14(17)8-9-6-4-5-7-10(9)11(14)15/h4-7,17H,8H2,1-3H3/t14-/m1/s1. The number of hydrogen-bond acceptors (Lipinski definition) is 4. The van der Waals surface area contributed by atoms with Gasteiger partial charge in [0.1, 0.15) is 5.60 Å². The second-order valence-corrected chi connectivity index (χ2v) is 5.53. The molecule has 1 aromatic carbocycles. The third-order valence-electron chi connectivity index (χ3n) is 2.82. The Kier molecular flexibility index (Phi) is 2.78. The summed E-state index contributed by atoms with van der Waals surface area (Å²) in [5.74, 6) is -1.46. The molecule has 4 heteroatoms. The van der Waals surface area contributed by atoms with Crippen LogP contribution < -0.4 is 0 Å². The second-order valence-electron chi connectivity index (χ2n) is 5.53. The van der Waals surface area contributed by atoms with Gasteiger partial charge in [-0.2, -0.15) is 0 Å². The molecule has 0 fully saturated rings. The van der Waals surface area contributed by atoms with Crippen LogP contribution in [-0.2, 0) is 16.0 Å². The Bertz CT molecular complexity index is 513. The van der Waals surface area contributed by atoms with Gasteiger partial charge >= 0.3 is 5.97 Å². The number of ketones is 1. The molecule has 0 radical (unpaired) electrons. The van der Waals surface area contributed by atoms with Crippen LogP contribution in [0.2, 0.25) is 0 Å². The van der Waals surface area contributed by atoms with Crippen LogP contribution in [0, 0.1) is 0 Å². The lowest BCUT2D eigenvalue weighted by Crippen LogP contribution is -2.48. The Morgan fingerprint density at radius 1 is 1.33 bits per heavy atom. The number of aliphatic hydroxyl groups is 1. The van der Waals surface area contributed by atoms with Crippen molar-refractivity contribution in [2.45, 2.75) is 38.4 Å². The smallest absolute Gasteiger partial charge is 0.347 e. The van der Waals surface area contributed by atoms with Gasteiger partial charge in [-0.1, -0.05) is 24.3 Å². The summed E-state index contributed by atoms with van der Waals surface area (Å²) in [6.07, 6.45) is -0.0169. The summed E-state index contributed by atoms with van der Waals surface area (Å²) in [6, 6.07) is 6.82. The first kappa shape index (κ1) is 12.8. The molecule has 0 aromatic heterocycles. The zero-order valence-corrected chi connectivity index (χ0v) is 10.7. The average molecular weight is 248 g/mol. The molecule has 0 unspecified atom stereocenters. The number of carbonyl (C=O) groups excluding carboxylic acids is 2. The van der Waals surface area contributed by atoms with Crippen LogP contribution >= 0.6 is 0 Å². The van der Waals surface area contributed by atoms with E-state index in [2.05, 4.69) is 0 Å². The van der Waals surface area contributed by atoms with Crippen molar-refractivity contribution in [3.05, 3.63) is 35.4 Å². The maximum Gasteiger partial charge on any atom is 0.347 e. The molecule has 0 saturated carbocycles. The van der Waals surface area contributed by atoms with Gasteiger partial charge in [0.15, 0.2) is 0 Å². The van der Waals surface area contributed by atoms with Gasteiger partial charge in [0.05, 0.1) is 0 Å². The number of esters is 1. The molecule has 96 valence electrons. The molecule has 0 saturated heterocycles. The molecule has 0 bridgehead atoms. The normalized spacial score (nSPS) is 22.8. The van der Waals surface area contributed by atoms with Crippen molar-refractivity contribution in [2.24, 2.45) is 0 Å². The van der Waals surface area contributed by atoms with E-state index in [1.165, 1.54) is 0 Å². The van der Waals surface area contributed by atoms with E-state index >= 15 is 0 Å². The topological polar surface area (TPSA) is 63.6 Å². The molecular formula is C14H16O4. The highest BCUT2D eigenvalue weighted by Gasteiger charge is 2.52. The van der Waals surface area contributed by atoms with Gasteiger partial charge in [0.2, 0.25) is 11.4 Å². The van der Waals surface area contributed by atoms with E-state index < -0.39 is 23.0 Å². The third kappa shape index (κ3) is 2.04. The van der Waals surface area contributed by atoms with Crippen LogP contribution in [0.4, 0.5) is 0 Å². The molecular weight excluding hydrogens is 232 g/mol. The average Bonchev–Trinajstić information content (AvgIpc) is 2.51. The number of rotatable bonds is 1. The Morgan fingerprint density at radius 3 is 2.50 bits per heavy atom. The summed E-state index contributed by atoms with van der Waals surface area (Å²) in [5.41, 5.74) is -1.74. The fraction of sp³-hybridized carbons (Fsp3) is 0.429. The minimum absolute atomic E-state index is 0.0169. The maximum atomic E-state index is 12.1. The van der Waals surface area contributed by atoms with Crippen molar-refractivity contribution in [1.29, 1.82) is 0 Å². The molecule has 18 heavy (non-hydrogen) atoms. The molecule has 1 N–H and O–H groups in total. The zero-order valence-electron chi connectivity index (χ0n) is 10.7. The predicted octanol–water partition coefficient (Wildman–Crippen LogP) is 1.50. The van der Waals surface area contributed by atoms with Gasteiger partial charge in [0, 0.05) is 12.0 Å². The van der Waals surface area contributed by atoms with Gasteiger partial charge in [-0.05, 0) is 26.3 Å². The lowest BCUT2D eigenvalue weighted by atomic mass is 9.99. The number of hydrogen-bond donors (Lipinski definition) is 1. The van der Waals surface area contributed by atoms with Crippen LogP contribution in [0.3, 0.4) is 0 Å². The molecule has 0 spiro atoms. The number of Topliss-reactive ketones (excluding diaryl/α,β-unsaturated/α-hetero) is 1. The summed E-state index contributed by atoms with van der Waals surface area (Å²) < 4.78 is 5.12. The van der Waals surface area contributed by atoms with E-state index in [0.29, 0.717) is 11.1 Å². The predicted molar refractivity (Wildman–Crippen MR) is 65.3 cm³/mol. The Labute approximate surface area is 106 Å². The first-order valence-corrected chi connectivity index (χ1v) is 5.82. The number of fused-ring (bicyclic) bond motifs is 1. The van der Waals surface area contributed by atoms with E-state index in [4.69, 9.17) is 4.74 Å². The van der Waals surface area contributed by atoms with Crippen LogP contribution in [0.5, 0.6) is 0 Å². The summed E-state index contributed by atoms with van der Waals surface area (Å²) in [7, 11) is 0. The van der Waals surface area contributed by atoms with E-state index in [9.17, 15) is 14.7 Å². The molecule has 0 aliphatic heterocycles. The van der Waals surface area contributed by atoms with Crippen molar-refractivity contribution >= 4 is 11.8 Å². The molecule has 4 nitrogen and oxygen atoms in total. The largest absolute Gasteiger partial charge is 0.457 e. The Balaban J connectivity index is 2.31. The minimum Gasteiger partial charge on any atom is -0.457 e. The van der Waals surface area contributed by atoms with Crippen LogP contribution in [0.15, 0.2) is 24.3 Å². The van der Waals surface area contributed by atoms with Crippen LogP contribution in [0.1, 0.15) is 36.7 Å². The molecule has 1 aromatic rings. The first-order valence-electron chi connectivity index (χ1n) is 5.82. The Morgan fingerprint density at radius 2 is 1.94 bits per heavy atom. The van der Waals surface area contributed by atoms with Gasteiger partial charge in [0.25, 0.3) is 0 Å². The second kappa shape index (κ2) is 3.92. The molecule has 0 amide bonds. The van der Waals surface area contributed by atoms with Crippen molar-refractivity contribution < 1.29 is 19.4 Å². The number of benzene rings is 1. The van der Waals surface area contributed by atoms with Crippen LogP contribution in [0.25, 0.3) is 0 Å². The Hall–Kier alpha value is -1.68. The van der Waals surface area contributed by atoms with E-state index in [1.807, 2.05) is 0 Å². The third-order valence-corrected chi connectivity index (χ3v) is 2.82. The van der Waals surface area contributed by atoms with Gasteiger partial charge in [-0.3, -0.25) is 4.79 Å². The quantitative estimate of drug-likeness (QED) is 0.604. The molecule has 1 aliphatic carbocycles. The maximum absolute atomic E-state index is 12.1. The summed E-state index contributed by atoms with van der Waals surface area (Å²) in [6.45, 7) is 5.09. The summed E-state index contributed by atoms with van der Waals surface area (Å²) in [5, 5.41) is 10.3. The van der Waals surface area contributed by atoms with Crippen molar-refractivity contribution in [3.8, 4) is 0 Å². The lowest BCUT2D eigenvalue weighted by Gasteiger charge is -2.25. The molecule has 1 aliphatic rings. The summed E-state index contributed by atoms with van der Waals surface area (Å²) >= 11 is 0. The molecule has 2 rings (SSSR count). The first-order chi connectivity index (χ1) is 8.24. The fourth-order valence-electron chi connectivity index (χ4n) is 2.00. The SMILES string of the molecule is CC(C)(C)OC(=O)[C@@]1(O)Cc2ccccc2C1=O. The highest BCUT2D eigenvalue weighted by molar-refractivity contribution is 6.18. The van der Waals surface area contributed by atoms with E-state index in [-0.39, 0.29) is 6.42 Å². The summed E-state index contributed by atoms with van der Waals surface area (Å²) in [4.78, 5) is 24.1. The highest BCUT2D eigenvalue weighted by atomic mass is 16.6. The van der Waals surface area contributed by atoms with Crippen molar-refractivity contribution in [3.63, 3.8) is 0 Å². The molecule has 1 atom stereocenters. The molecule has 0 heterocycles. The van der Waals surface area contributed by atoms with E-state index in [0.717, 1.165) is 0 Å². The zero-order chi connectivity index (χ0) is 13.6. The van der Waals surface area contributed by atoms with Gasteiger partial charge < -0.3 is 9.84 Å². The highest BCUT2D eigenvalue weighted by Crippen LogP contribution is 2.31.